The highest BCUT2D eigenvalue weighted by atomic mass is 19.1. The third-order valence-corrected chi connectivity index (χ3v) is 6.01. The van der Waals surface area contributed by atoms with Crippen LogP contribution in [-0.4, -0.2) is 30.6 Å². The molecule has 1 N–H and O–H groups in total. The van der Waals surface area contributed by atoms with Gasteiger partial charge in [0.05, 0.1) is 13.5 Å². The van der Waals surface area contributed by atoms with Gasteiger partial charge >= 0.3 is 5.97 Å². The standard InChI is InChI=1S/C26H23F2NO4/c1-14-4-6-16(7-5-14)23-17-10-11-29(21(17)12-15(2)18(23)13-22(30)31)26(32)24-19(27)8-9-20(28)25(24)33-3/h4-9,12H,10-11,13H2,1-3H3,(H,30,31). The van der Waals surface area contributed by atoms with E-state index in [-0.39, 0.29) is 13.0 Å². The van der Waals surface area contributed by atoms with E-state index in [0.717, 1.165) is 34.4 Å². The highest BCUT2D eigenvalue weighted by molar-refractivity contribution is 6.10. The van der Waals surface area contributed by atoms with E-state index >= 15 is 0 Å². The molecule has 3 aromatic carbocycles. The Hall–Kier alpha value is -3.74. The van der Waals surface area contributed by atoms with Crippen LogP contribution in [0.3, 0.4) is 0 Å². The first-order chi connectivity index (χ1) is 15.7. The summed E-state index contributed by atoms with van der Waals surface area (Å²) in [5, 5.41) is 9.50. The maximum absolute atomic E-state index is 14.6. The van der Waals surface area contributed by atoms with Crippen LogP contribution < -0.4 is 9.64 Å². The van der Waals surface area contributed by atoms with Crippen molar-refractivity contribution < 1.29 is 28.2 Å². The molecular weight excluding hydrogens is 428 g/mol. The van der Waals surface area contributed by atoms with E-state index in [2.05, 4.69) is 0 Å². The Morgan fingerprint density at radius 1 is 1.06 bits per heavy atom. The van der Waals surface area contributed by atoms with E-state index in [1.807, 2.05) is 31.2 Å². The molecule has 1 amide bonds. The Morgan fingerprint density at radius 3 is 2.36 bits per heavy atom. The van der Waals surface area contributed by atoms with Crippen molar-refractivity contribution in [3.05, 3.63) is 81.9 Å². The van der Waals surface area contributed by atoms with Crippen LogP contribution in [0, 0.1) is 25.5 Å². The molecule has 0 aliphatic carbocycles. The van der Waals surface area contributed by atoms with E-state index in [1.165, 1.54) is 12.0 Å². The number of methoxy groups -OCH3 is 1. The number of aliphatic carboxylic acids is 1. The van der Waals surface area contributed by atoms with Gasteiger partial charge in [0.2, 0.25) is 0 Å². The fraction of sp³-hybridized carbons (Fsp3) is 0.231. The van der Waals surface area contributed by atoms with Crippen molar-refractivity contribution in [1.82, 2.24) is 0 Å². The van der Waals surface area contributed by atoms with Gasteiger partial charge in [-0.15, -0.1) is 0 Å². The van der Waals surface area contributed by atoms with Crippen LogP contribution in [0.1, 0.15) is 32.6 Å². The molecule has 4 rings (SSSR count). The minimum atomic E-state index is -0.955. The molecule has 0 radical (unpaired) electrons. The van der Waals surface area contributed by atoms with Gasteiger partial charge in [-0.3, -0.25) is 9.59 Å². The van der Waals surface area contributed by atoms with Gasteiger partial charge in [-0.25, -0.2) is 8.78 Å². The third-order valence-electron chi connectivity index (χ3n) is 6.01. The smallest absolute Gasteiger partial charge is 0.307 e. The Morgan fingerprint density at radius 2 is 1.73 bits per heavy atom. The summed E-state index contributed by atoms with van der Waals surface area (Å²) in [6, 6.07) is 11.3. The van der Waals surface area contributed by atoms with Crippen LogP contribution in [0.25, 0.3) is 11.1 Å². The fourth-order valence-corrected chi connectivity index (χ4v) is 4.45. The molecule has 170 valence electrons. The van der Waals surface area contributed by atoms with Gasteiger partial charge in [0.1, 0.15) is 11.4 Å². The number of amides is 1. The molecule has 0 fully saturated rings. The number of rotatable bonds is 5. The number of carboxylic acid groups (broad SMARTS) is 1. The molecule has 0 aromatic heterocycles. The van der Waals surface area contributed by atoms with Crippen LogP contribution in [0.15, 0.2) is 42.5 Å². The Bertz CT molecular complexity index is 1270. The second kappa shape index (κ2) is 8.65. The lowest BCUT2D eigenvalue weighted by atomic mass is 9.88. The number of nitrogens with zero attached hydrogens (tertiary/aromatic N) is 1. The molecule has 0 saturated heterocycles. The molecule has 5 nitrogen and oxygen atoms in total. The highest BCUT2D eigenvalue weighted by Crippen LogP contribution is 2.42. The maximum Gasteiger partial charge on any atom is 0.307 e. The van der Waals surface area contributed by atoms with Crippen molar-refractivity contribution in [2.45, 2.75) is 26.7 Å². The molecule has 1 aliphatic rings. The molecule has 0 spiro atoms. The first-order valence-corrected chi connectivity index (χ1v) is 10.5. The lowest BCUT2D eigenvalue weighted by Gasteiger charge is -2.22. The van der Waals surface area contributed by atoms with Gasteiger partial charge in [0.25, 0.3) is 5.91 Å². The summed E-state index contributed by atoms with van der Waals surface area (Å²) in [5.41, 5.74) is 4.97. The molecule has 0 saturated carbocycles. The molecule has 3 aromatic rings. The number of carbonyl (C=O) groups is 2. The zero-order valence-corrected chi connectivity index (χ0v) is 18.5. The maximum atomic E-state index is 14.6. The lowest BCUT2D eigenvalue weighted by molar-refractivity contribution is -0.136. The molecule has 7 heteroatoms. The molecular formula is C26H23F2NO4. The molecule has 0 unspecified atom stereocenters. The second-order valence-electron chi connectivity index (χ2n) is 8.13. The topological polar surface area (TPSA) is 66.8 Å². The van der Waals surface area contributed by atoms with Crippen LogP contribution >= 0.6 is 0 Å². The summed E-state index contributed by atoms with van der Waals surface area (Å²) in [5.74, 6) is -3.79. The zero-order valence-electron chi connectivity index (χ0n) is 18.5. The van der Waals surface area contributed by atoms with Crippen molar-refractivity contribution >= 4 is 17.6 Å². The van der Waals surface area contributed by atoms with Crippen molar-refractivity contribution in [2.24, 2.45) is 0 Å². The predicted molar refractivity (Wildman–Crippen MR) is 121 cm³/mol. The van der Waals surface area contributed by atoms with E-state index < -0.39 is 34.8 Å². The number of hydrogen-bond acceptors (Lipinski definition) is 3. The van der Waals surface area contributed by atoms with Gasteiger partial charge in [-0.2, -0.15) is 0 Å². The number of fused-ring (bicyclic) bond motifs is 1. The first-order valence-electron chi connectivity index (χ1n) is 10.5. The van der Waals surface area contributed by atoms with Gasteiger partial charge in [-0.1, -0.05) is 29.8 Å². The number of carbonyl (C=O) groups excluding carboxylic acids is 1. The van der Waals surface area contributed by atoms with Gasteiger partial charge in [0, 0.05) is 12.2 Å². The zero-order chi connectivity index (χ0) is 23.9. The summed E-state index contributed by atoms with van der Waals surface area (Å²) in [4.78, 5) is 26.4. The van der Waals surface area contributed by atoms with Crippen LogP contribution in [0.4, 0.5) is 14.5 Å². The summed E-state index contributed by atoms with van der Waals surface area (Å²) in [6.07, 6.45) is 0.291. The number of anilines is 1. The molecule has 0 atom stereocenters. The fourth-order valence-electron chi connectivity index (χ4n) is 4.45. The van der Waals surface area contributed by atoms with Crippen molar-refractivity contribution in [2.75, 3.05) is 18.6 Å². The molecule has 1 heterocycles. The number of carboxylic acids is 1. The quantitative estimate of drug-likeness (QED) is 0.587. The molecule has 1 aliphatic heterocycles. The van der Waals surface area contributed by atoms with Crippen molar-refractivity contribution in [3.63, 3.8) is 0 Å². The minimum absolute atomic E-state index is 0.164. The largest absolute Gasteiger partial charge is 0.493 e. The second-order valence-corrected chi connectivity index (χ2v) is 8.13. The monoisotopic (exact) mass is 451 g/mol. The summed E-state index contributed by atoms with van der Waals surface area (Å²) in [6.45, 7) is 4.01. The third kappa shape index (κ3) is 3.95. The molecule has 0 bridgehead atoms. The number of halogens is 2. The normalized spacial score (nSPS) is 12.6. The number of benzene rings is 3. The Labute approximate surface area is 190 Å². The molecule has 33 heavy (non-hydrogen) atoms. The van der Waals surface area contributed by atoms with E-state index in [0.29, 0.717) is 23.2 Å². The summed E-state index contributed by atoms with van der Waals surface area (Å²) in [7, 11) is 1.18. The van der Waals surface area contributed by atoms with Crippen LogP contribution in [0.5, 0.6) is 5.75 Å². The van der Waals surface area contributed by atoms with Crippen LogP contribution in [-0.2, 0) is 17.6 Å². The number of ether oxygens (including phenoxy) is 1. The average Bonchev–Trinajstić information content (AvgIpc) is 3.19. The highest BCUT2D eigenvalue weighted by Gasteiger charge is 2.33. The predicted octanol–water partition coefficient (Wildman–Crippen LogP) is 5.09. The van der Waals surface area contributed by atoms with Gasteiger partial charge in [0.15, 0.2) is 11.6 Å². The Balaban J connectivity index is 1.90. The first kappa shape index (κ1) is 22.5. The SMILES string of the molecule is COc1c(F)ccc(F)c1C(=O)N1CCc2c1cc(C)c(CC(=O)O)c2-c1ccc(C)cc1. The van der Waals surface area contributed by atoms with Crippen molar-refractivity contribution in [3.8, 4) is 16.9 Å². The summed E-state index contributed by atoms with van der Waals surface area (Å²) < 4.78 is 33.8. The lowest BCUT2D eigenvalue weighted by Crippen LogP contribution is -2.30. The van der Waals surface area contributed by atoms with Gasteiger partial charge in [-0.05, 0) is 66.3 Å². The summed E-state index contributed by atoms with van der Waals surface area (Å²) >= 11 is 0. The average molecular weight is 451 g/mol. The van der Waals surface area contributed by atoms with Crippen LogP contribution in [0.2, 0.25) is 0 Å². The van der Waals surface area contributed by atoms with Crippen molar-refractivity contribution in [1.29, 1.82) is 0 Å². The Kier molecular flexibility index (Phi) is 5.89. The number of hydrogen-bond donors (Lipinski definition) is 1. The minimum Gasteiger partial charge on any atom is -0.493 e. The van der Waals surface area contributed by atoms with E-state index in [9.17, 15) is 23.5 Å². The van der Waals surface area contributed by atoms with Gasteiger partial charge < -0.3 is 14.7 Å². The van der Waals surface area contributed by atoms with E-state index in [1.54, 1.807) is 13.0 Å². The number of aryl methyl sites for hydroxylation is 2. The van der Waals surface area contributed by atoms with E-state index in [4.69, 9.17) is 4.74 Å².